The summed E-state index contributed by atoms with van der Waals surface area (Å²) in [5.74, 6) is 0.867. The lowest BCUT2D eigenvalue weighted by atomic mass is 10.1. The minimum atomic E-state index is -0.256. The summed E-state index contributed by atoms with van der Waals surface area (Å²) in [5.41, 5.74) is 1.09. The highest BCUT2D eigenvalue weighted by atomic mass is 32.1. The fourth-order valence-corrected chi connectivity index (χ4v) is 3.55. The van der Waals surface area contributed by atoms with Gasteiger partial charge in [-0.3, -0.25) is 9.59 Å². The van der Waals surface area contributed by atoms with Crippen LogP contribution in [0.2, 0.25) is 0 Å². The molecular weight excluding hydrogens is 430 g/mol. The summed E-state index contributed by atoms with van der Waals surface area (Å²) in [4.78, 5) is 29.0. The number of ether oxygens (including phenoxy) is 2. The minimum absolute atomic E-state index is 0.0313. The zero-order valence-corrected chi connectivity index (χ0v) is 19.5. The molecule has 9 nitrogen and oxygen atoms in total. The van der Waals surface area contributed by atoms with E-state index in [0.29, 0.717) is 31.2 Å². The third-order valence-corrected chi connectivity index (χ3v) is 5.62. The van der Waals surface area contributed by atoms with Gasteiger partial charge >= 0.3 is 0 Å². The number of hydrogen-bond acceptors (Lipinski definition) is 7. The molecule has 0 atom stereocenters. The second-order valence-corrected chi connectivity index (χ2v) is 8.29. The molecule has 1 aromatic carbocycles. The topological polar surface area (TPSA) is 89.8 Å². The van der Waals surface area contributed by atoms with E-state index >= 15 is 0 Å². The van der Waals surface area contributed by atoms with Gasteiger partial charge in [0.1, 0.15) is 13.2 Å². The number of rotatable bonds is 10. The first-order valence-electron chi connectivity index (χ1n) is 10.1. The van der Waals surface area contributed by atoms with Crippen molar-refractivity contribution in [1.82, 2.24) is 24.8 Å². The van der Waals surface area contributed by atoms with E-state index in [1.54, 1.807) is 37.4 Å². The summed E-state index contributed by atoms with van der Waals surface area (Å²) in [6.45, 7) is 3.26. The van der Waals surface area contributed by atoms with Crippen LogP contribution in [0.5, 0.6) is 11.5 Å². The Morgan fingerprint density at radius 1 is 1.19 bits per heavy atom. The molecule has 2 amide bonds. The minimum Gasteiger partial charge on any atom is -0.493 e. The molecule has 0 aliphatic heterocycles. The average Bonchev–Trinajstić information content (AvgIpc) is 3.48. The van der Waals surface area contributed by atoms with Gasteiger partial charge in [-0.2, -0.15) is 0 Å². The van der Waals surface area contributed by atoms with Crippen molar-refractivity contribution in [1.29, 1.82) is 0 Å². The Morgan fingerprint density at radius 3 is 2.66 bits per heavy atom. The smallest absolute Gasteiger partial charge is 0.276 e. The van der Waals surface area contributed by atoms with Crippen molar-refractivity contribution in [3.63, 3.8) is 0 Å². The molecule has 0 bridgehead atoms. The number of methoxy groups -OCH3 is 1. The Hall–Kier alpha value is -3.40. The lowest BCUT2D eigenvalue weighted by Crippen LogP contribution is -2.30. The van der Waals surface area contributed by atoms with Gasteiger partial charge in [0.05, 0.1) is 13.3 Å². The number of thiophene rings is 1. The first kappa shape index (κ1) is 23.3. The van der Waals surface area contributed by atoms with Crippen LogP contribution in [-0.2, 0) is 24.5 Å². The first-order valence-corrected chi connectivity index (χ1v) is 11.0. The second-order valence-electron chi connectivity index (χ2n) is 7.26. The summed E-state index contributed by atoms with van der Waals surface area (Å²) in [5, 5.41) is 9.85. The van der Waals surface area contributed by atoms with E-state index in [1.807, 2.05) is 42.6 Å². The molecule has 0 saturated carbocycles. The van der Waals surface area contributed by atoms with Crippen LogP contribution in [0.3, 0.4) is 0 Å². The van der Waals surface area contributed by atoms with Crippen LogP contribution in [0, 0.1) is 0 Å². The van der Waals surface area contributed by atoms with Crippen LogP contribution in [0.4, 0.5) is 0 Å². The molecule has 32 heavy (non-hydrogen) atoms. The van der Waals surface area contributed by atoms with E-state index in [4.69, 9.17) is 9.47 Å². The van der Waals surface area contributed by atoms with E-state index in [2.05, 4.69) is 10.3 Å². The number of nitrogens with zero attached hydrogens (tertiary/aromatic N) is 5. The highest BCUT2D eigenvalue weighted by Gasteiger charge is 2.20. The lowest BCUT2D eigenvalue weighted by molar-refractivity contribution is -0.129. The van der Waals surface area contributed by atoms with Gasteiger partial charge < -0.3 is 19.3 Å². The van der Waals surface area contributed by atoms with E-state index < -0.39 is 0 Å². The second kappa shape index (κ2) is 10.8. The van der Waals surface area contributed by atoms with Gasteiger partial charge in [0.2, 0.25) is 5.91 Å². The number of carbonyl (C=O) groups excluding carboxylic acids is 2. The predicted molar refractivity (Wildman–Crippen MR) is 121 cm³/mol. The SMILES string of the molecule is CCN(Cc1ccc(OCc2cccs2)c(OC)c1)C(=O)c1cn(CC(=O)N(C)C)nn1. The van der Waals surface area contributed by atoms with Gasteiger partial charge in [0.25, 0.3) is 5.91 Å². The van der Waals surface area contributed by atoms with E-state index in [9.17, 15) is 9.59 Å². The molecule has 2 aromatic heterocycles. The molecule has 0 spiro atoms. The zero-order valence-electron chi connectivity index (χ0n) is 18.6. The predicted octanol–water partition coefficient (Wildman–Crippen LogP) is 2.68. The van der Waals surface area contributed by atoms with Gasteiger partial charge in [0.15, 0.2) is 17.2 Å². The molecule has 0 aliphatic carbocycles. The van der Waals surface area contributed by atoms with E-state index in [-0.39, 0.29) is 24.1 Å². The van der Waals surface area contributed by atoms with E-state index in [0.717, 1.165) is 10.4 Å². The Kier molecular flexibility index (Phi) is 7.82. The molecule has 0 aliphatic rings. The van der Waals surface area contributed by atoms with E-state index in [1.165, 1.54) is 15.8 Å². The third-order valence-electron chi connectivity index (χ3n) is 4.77. The normalized spacial score (nSPS) is 10.6. The molecule has 0 unspecified atom stereocenters. The van der Waals surface area contributed by atoms with Crippen LogP contribution in [0.1, 0.15) is 27.9 Å². The summed E-state index contributed by atoms with van der Waals surface area (Å²) in [6.07, 6.45) is 1.49. The van der Waals surface area contributed by atoms with Crippen LogP contribution in [-0.4, -0.2) is 64.4 Å². The highest BCUT2D eigenvalue weighted by Crippen LogP contribution is 2.30. The number of hydrogen-bond donors (Lipinski definition) is 0. The number of amides is 2. The first-order chi connectivity index (χ1) is 15.4. The van der Waals surface area contributed by atoms with Crippen molar-refractivity contribution in [3.8, 4) is 11.5 Å². The van der Waals surface area contributed by atoms with Crippen molar-refractivity contribution in [2.75, 3.05) is 27.7 Å². The Bertz CT molecular complexity index is 1050. The molecule has 170 valence electrons. The molecule has 0 radical (unpaired) electrons. The van der Waals surface area contributed by atoms with Gasteiger partial charge in [-0.15, -0.1) is 16.4 Å². The molecule has 0 saturated heterocycles. The number of likely N-dealkylation sites (N-methyl/N-ethyl adjacent to an activating group) is 1. The van der Waals surface area contributed by atoms with Gasteiger partial charge in [-0.25, -0.2) is 4.68 Å². The molecule has 3 rings (SSSR count). The largest absolute Gasteiger partial charge is 0.493 e. The molecular formula is C22H27N5O4S. The molecule has 10 heteroatoms. The van der Waals surface area contributed by atoms with Crippen molar-refractivity contribution in [3.05, 3.63) is 58.0 Å². The lowest BCUT2D eigenvalue weighted by Gasteiger charge is -2.20. The molecule has 0 fully saturated rings. The Balaban J connectivity index is 1.67. The summed E-state index contributed by atoms with van der Waals surface area (Å²) < 4.78 is 12.7. The standard InChI is InChI=1S/C22H27N5O4S/c1-5-26(22(29)18-13-27(24-23-18)14-21(28)25(2)3)12-16-8-9-19(20(11-16)30-4)31-15-17-7-6-10-32-17/h6-11,13H,5,12,14-15H2,1-4H3. The number of benzene rings is 1. The van der Waals surface area contributed by atoms with Crippen molar-refractivity contribution < 1.29 is 19.1 Å². The summed E-state index contributed by atoms with van der Waals surface area (Å²) in [7, 11) is 4.92. The maximum absolute atomic E-state index is 12.9. The van der Waals surface area contributed by atoms with Crippen molar-refractivity contribution in [2.45, 2.75) is 26.6 Å². The number of carbonyl (C=O) groups is 2. The average molecular weight is 458 g/mol. The molecule has 3 aromatic rings. The molecule has 2 heterocycles. The summed E-state index contributed by atoms with van der Waals surface area (Å²) >= 11 is 1.63. The van der Waals surface area contributed by atoms with Crippen molar-refractivity contribution >= 4 is 23.2 Å². The van der Waals surface area contributed by atoms with Crippen molar-refractivity contribution in [2.24, 2.45) is 0 Å². The molecule has 0 N–H and O–H groups in total. The monoisotopic (exact) mass is 457 g/mol. The van der Waals surface area contributed by atoms with Crippen LogP contribution in [0.15, 0.2) is 41.9 Å². The fraction of sp³-hybridized carbons (Fsp3) is 0.364. The Morgan fingerprint density at radius 2 is 2.00 bits per heavy atom. The maximum Gasteiger partial charge on any atom is 0.276 e. The third kappa shape index (κ3) is 5.85. The van der Waals surface area contributed by atoms with Crippen LogP contribution in [0.25, 0.3) is 0 Å². The maximum atomic E-state index is 12.9. The zero-order chi connectivity index (χ0) is 23.1. The van der Waals surface area contributed by atoms with Crippen LogP contribution >= 0.6 is 11.3 Å². The van der Waals surface area contributed by atoms with Gasteiger partial charge in [-0.1, -0.05) is 17.3 Å². The van der Waals surface area contributed by atoms with Gasteiger partial charge in [0, 0.05) is 32.1 Å². The van der Waals surface area contributed by atoms with Crippen LogP contribution < -0.4 is 9.47 Å². The van der Waals surface area contributed by atoms with Gasteiger partial charge in [-0.05, 0) is 36.1 Å². The number of aromatic nitrogens is 3. The summed E-state index contributed by atoms with van der Waals surface area (Å²) in [6, 6.07) is 9.63. The Labute approximate surface area is 191 Å². The highest BCUT2D eigenvalue weighted by molar-refractivity contribution is 7.09. The quantitative estimate of drug-likeness (QED) is 0.465. The fourth-order valence-electron chi connectivity index (χ4n) is 2.94.